The van der Waals surface area contributed by atoms with Crippen LogP contribution in [0.2, 0.25) is 0 Å². The summed E-state index contributed by atoms with van der Waals surface area (Å²) in [4.78, 5) is 5.31. The van der Waals surface area contributed by atoms with Crippen molar-refractivity contribution in [2.45, 2.75) is 209 Å². The number of rotatable bonds is 4. The van der Waals surface area contributed by atoms with Gasteiger partial charge in [-0.05, 0) is 213 Å². The molecule has 2 aromatic heterocycles. The lowest BCUT2D eigenvalue weighted by molar-refractivity contribution is 0.568. The van der Waals surface area contributed by atoms with Crippen molar-refractivity contribution < 1.29 is 0 Å². The minimum Gasteiger partial charge on any atom is -0.311 e. The molecule has 0 saturated carbocycles. The predicted molar refractivity (Wildman–Crippen MR) is 399 cm³/mol. The van der Waals surface area contributed by atoms with Crippen LogP contribution in [-0.2, 0) is 43.3 Å². The number of hydrogen-bond acceptors (Lipinski definition) is 2. The number of fused-ring (bicyclic) bond motifs is 10. The Kier molecular flexibility index (Phi) is 13.9. The first kappa shape index (κ1) is 62.1. The summed E-state index contributed by atoms with van der Waals surface area (Å²) in [6.07, 6.45) is 0. The highest BCUT2D eigenvalue weighted by atomic mass is 15.2. The third kappa shape index (κ3) is 10.5. The van der Waals surface area contributed by atoms with Crippen molar-refractivity contribution in [1.29, 1.82) is 0 Å². The van der Waals surface area contributed by atoms with Crippen LogP contribution in [0.15, 0.2) is 164 Å². The molecule has 4 nitrogen and oxygen atoms in total. The van der Waals surface area contributed by atoms with Crippen LogP contribution >= 0.6 is 0 Å². The average molecular weight is 1200 g/mol. The fourth-order valence-electron chi connectivity index (χ4n) is 14.4. The molecule has 91 heavy (non-hydrogen) atoms. The van der Waals surface area contributed by atoms with Crippen molar-refractivity contribution in [3.63, 3.8) is 0 Å². The summed E-state index contributed by atoms with van der Waals surface area (Å²) in [5.74, 6) is 0. The standard InChI is InChI=1S/C86H99BN4/c1-79(2,3)52-28-36-70-64(46-52)65-47-53(80(4,5)6)29-37-71(65)88(70)60-32-34-68-76(50-60)90(62-42-56(83(13,14)15)40-57(43-62)84(16,17)18)74-26-25-27-75-78(74)87(68)69-35-33-61(51-77(69)91(75)63-44-58(85(19,20)21)41-59(45-63)86(22,23)24)89-72-38-30-54(81(7,8)9)48-66(72)67-49-55(82(10,11)12)31-39-73(67)89/h25-51H,1-24H3. The lowest BCUT2D eigenvalue weighted by atomic mass is 9.33. The van der Waals surface area contributed by atoms with Gasteiger partial charge in [-0.25, -0.2) is 0 Å². The van der Waals surface area contributed by atoms with Crippen LogP contribution in [0.25, 0.3) is 55.0 Å². The van der Waals surface area contributed by atoms with Crippen LogP contribution in [0.5, 0.6) is 0 Å². The van der Waals surface area contributed by atoms with Gasteiger partial charge in [-0.15, -0.1) is 0 Å². The van der Waals surface area contributed by atoms with E-state index in [0.717, 1.165) is 11.4 Å². The maximum absolute atomic E-state index is 2.65. The number of aromatic nitrogens is 2. The first-order valence-corrected chi connectivity index (χ1v) is 33.7. The third-order valence-corrected chi connectivity index (χ3v) is 20.3. The molecule has 0 bridgehead atoms. The second-order valence-electron chi connectivity index (χ2n) is 35.4. The number of nitrogens with zero attached hydrogens (tertiary/aromatic N) is 4. The maximum Gasteiger partial charge on any atom is 0.252 e. The molecule has 0 unspecified atom stereocenters. The van der Waals surface area contributed by atoms with Crippen LogP contribution < -0.4 is 26.2 Å². The van der Waals surface area contributed by atoms with Gasteiger partial charge < -0.3 is 18.9 Å². The fraction of sp³-hybridized carbons (Fsp3) is 0.372. The molecule has 0 fully saturated rings. The van der Waals surface area contributed by atoms with E-state index in [1.165, 1.54) is 139 Å². The van der Waals surface area contributed by atoms with Crippen LogP contribution in [0.4, 0.5) is 34.1 Å². The molecule has 11 aromatic rings. The molecule has 0 saturated heterocycles. The van der Waals surface area contributed by atoms with E-state index in [2.05, 4.69) is 349 Å². The normalized spacial score (nSPS) is 14.3. The Hall–Kier alpha value is -7.76. The summed E-state index contributed by atoms with van der Waals surface area (Å²) in [6.45, 7) is 56.3. The Bertz CT molecular complexity index is 4280. The Labute approximate surface area is 545 Å². The van der Waals surface area contributed by atoms with E-state index in [0.29, 0.717) is 0 Å². The second-order valence-corrected chi connectivity index (χ2v) is 35.4. The minimum atomic E-state index is -0.105. The minimum absolute atomic E-state index is 0.0109. The summed E-state index contributed by atoms with van der Waals surface area (Å²) in [7, 11) is 0. The highest BCUT2D eigenvalue weighted by Crippen LogP contribution is 2.50. The van der Waals surface area contributed by atoms with Crippen molar-refractivity contribution in [1.82, 2.24) is 9.13 Å². The molecule has 466 valence electrons. The van der Waals surface area contributed by atoms with Gasteiger partial charge in [-0.1, -0.05) is 221 Å². The molecule has 2 aliphatic rings. The first-order valence-electron chi connectivity index (χ1n) is 33.7. The topological polar surface area (TPSA) is 16.3 Å². The maximum atomic E-state index is 2.65. The highest BCUT2D eigenvalue weighted by Gasteiger charge is 2.45. The molecule has 4 heterocycles. The lowest BCUT2D eigenvalue weighted by Crippen LogP contribution is -2.61. The molecule has 0 atom stereocenters. The van der Waals surface area contributed by atoms with Crippen molar-refractivity contribution in [3.8, 4) is 11.4 Å². The molecule has 0 aliphatic carbocycles. The molecular weight excluding hydrogens is 1100 g/mol. The van der Waals surface area contributed by atoms with Crippen LogP contribution in [0, 0.1) is 0 Å². The Morgan fingerprint density at radius 1 is 0.231 bits per heavy atom. The molecule has 0 radical (unpaired) electrons. The number of benzene rings is 9. The lowest BCUT2D eigenvalue weighted by Gasteiger charge is -2.45. The van der Waals surface area contributed by atoms with Gasteiger partial charge >= 0.3 is 0 Å². The van der Waals surface area contributed by atoms with Gasteiger partial charge in [0.05, 0.1) is 22.1 Å². The summed E-state index contributed by atoms with van der Waals surface area (Å²) >= 11 is 0. The van der Waals surface area contributed by atoms with Gasteiger partial charge in [-0.2, -0.15) is 0 Å². The largest absolute Gasteiger partial charge is 0.311 e. The summed E-state index contributed by atoms with van der Waals surface area (Å²) < 4.78 is 5.11. The van der Waals surface area contributed by atoms with E-state index >= 15 is 0 Å². The zero-order valence-corrected chi connectivity index (χ0v) is 59.5. The SMILES string of the molecule is CC(C)(C)c1cc(N2c3cc(-n4c5ccc(C(C)(C)C)cc5c5cc(C(C)(C)C)ccc54)ccc3B3c4ccc(-n5c6ccc(C(C)(C)C)cc6c6cc(C(C)(C)C)ccc65)cc4N(c4cc(C(C)(C)C)cc(C(C)(C)C)c4)c4cccc2c43)cc(C(C)(C)C)c1. The Morgan fingerprint density at radius 3 is 0.747 bits per heavy atom. The third-order valence-electron chi connectivity index (χ3n) is 20.3. The van der Waals surface area contributed by atoms with E-state index < -0.39 is 0 Å². The van der Waals surface area contributed by atoms with E-state index in [1.807, 2.05) is 0 Å². The molecule has 2 aliphatic heterocycles. The van der Waals surface area contributed by atoms with E-state index in [-0.39, 0.29) is 50.0 Å². The van der Waals surface area contributed by atoms with E-state index in [4.69, 9.17) is 0 Å². The highest BCUT2D eigenvalue weighted by molar-refractivity contribution is 7.00. The van der Waals surface area contributed by atoms with Gasteiger partial charge in [0.1, 0.15) is 0 Å². The zero-order chi connectivity index (χ0) is 65.6. The number of anilines is 6. The Balaban J connectivity index is 1.14. The molecule has 5 heteroatoms. The summed E-state index contributed by atoms with van der Waals surface area (Å²) in [5, 5.41) is 5.17. The summed E-state index contributed by atoms with van der Waals surface area (Å²) in [5.41, 5.74) is 28.5. The monoisotopic (exact) mass is 1200 g/mol. The smallest absolute Gasteiger partial charge is 0.252 e. The van der Waals surface area contributed by atoms with E-state index in [1.54, 1.807) is 0 Å². The molecule has 0 amide bonds. The number of hydrogen-bond donors (Lipinski definition) is 0. The molecule has 0 N–H and O–H groups in total. The van der Waals surface area contributed by atoms with Crippen molar-refractivity contribution in [2.75, 3.05) is 9.80 Å². The van der Waals surface area contributed by atoms with Crippen molar-refractivity contribution in [3.05, 3.63) is 208 Å². The van der Waals surface area contributed by atoms with Gasteiger partial charge in [0, 0.05) is 67.0 Å². The second kappa shape index (κ2) is 20.4. The van der Waals surface area contributed by atoms with Gasteiger partial charge in [-0.3, -0.25) is 0 Å². The van der Waals surface area contributed by atoms with Gasteiger partial charge in [0.15, 0.2) is 0 Å². The molecule has 9 aromatic carbocycles. The van der Waals surface area contributed by atoms with Gasteiger partial charge in [0.25, 0.3) is 6.71 Å². The molecular formula is C86H99BN4. The molecule has 0 spiro atoms. The van der Waals surface area contributed by atoms with Crippen LogP contribution in [0.3, 0.4) is 0 Å². The Morgan fingerprint density at radius 2 is 0.495 bits per heavy atom. The predicted octanol–water partition coefficient (Wildman–Crippen LogP) is 22.3. The van der Waals surface area contributed by atoms with Crippen molar-refractivity contribution >= 4 is 101 Å². The zero-order valence-electron chi connectivity index (χ0n) is 59.5. The summed E-state index contributed by atoms with van der Waals surface area (Å²) in [6, 6.07) is 66.0. The van der Waals surface area contributed by atoms with Gasteiger partial charge in [0.2, 0.25) is 0 Å². The van der Waals surface area contributed by atoms with Crippen LogP contribution in [-0.4, -0.2) is 15.8 Å². The molecule has 13 rings (SSSR count). The average Bonchev–Trinajstić information content (AvgIpc) is 0.734. The van der Waals surface area contributed by atoms with E-state index in [9.17, 15) is 0 Å². The van der Waals surface area contributed by atoms with Crippen molar-refractivity contribution in [2.24, 2.45) is 0 Å². The quantitative estimate of drug-likeness (QED) is 0.163. The van der Waals surface area contributed by atoms with Crippen LogP contribution in [0.1, 0.15) is 211 Å². The fourth-order valence-corrected chi connectivity index (χ4v) is 14.4. The first-order chi connectivity index (χ1) is 42.2.